The van der Waals surface area contributed by atoms with Crippen LogP contribution in [0.2, 0.25) is 0 Å². The van der Waals surface area contributed by atoms with Gasteiger partial charge in [-0.25, -0.2) is 0 Å². The summed E-state index contributed by atoms with van der Waals surface area (Å²) in [7, 11) is -0.359. The minimum atomic E-state index is -0.359. The number of rotatable bonds is 3. The fourth-order valence-electron chi connectivity index (χ4n) is 4.31. The van der Waals surface area contributed by atoms with Gasteiger partial charge in [0.25, 0.3) is 0 Å². The van der Waals surface area contributed by atoms with Crippen LogP contribution in [0.1, 0.15) is 6.42 Å². The summed E-state index contributed by atoms with van der Waals surface area (Å²) in [5, 5.41) is 5.77. The van der Waals surface area contributed by atoms with Crippen molar-refractivity contribution in [3.8, 4) is 0 Å². The maximum atomic E-state index is 2.63. The Morgan fingerprint density at radius 1 is 0.857 bits per heavy atom. The number of fused-ring (bicyclic) bond motifs is 2. The van der Waals surface area contributed by atoms with Crippen molar-refractivity contribution in [1.29, 1.82) is 0 Å². The molecule has 4 unspecified atom stereocenters. The minimum Gasteiger partial charge on any atom is -1.00 e. The van der Waals surface area contributed by atoms with Gasteiger partial charge in [0.15, 0.2) is 0 Å². The Bertz CT molecular complexity index is 894. The molecule has 0 bridgehead atoms. The Hall–Kier alpha value is -1.30. The minimum absolute atomic E-state index is 0. The van der Waals surface area contributed by atoms with E-state index >= 15 is 0 Å². The van der Waals surface area contributed by atoms with Crippen molar-refractivity contribution in [3.63, 3.8) is 0 Å². The van der Waals surface area contributed by atoms with E-state index in [0.29, 0.717) is 17.5 Å². The molecule has 0 radical (unpaired) electrons. The molecule has 140 valence electrons. The summed E-state index contributed by atoms with van der Waals surface area (Å²) in [6, 6.07) is 24.8. The first-order valence-electron chi connectivity index (χ1n) is 9.08. The summed E-state index contributed by atoms with van der Waals surface area (Å²) in [6.07, 6.45) is 13.1. The van der Waals surface area contributed by atoms with Crippen molar-refractivity contribution in [2.45, 2.75) is 12.1 Å². The Morgan fingerprint density at radius 2 is 1.57 bits per heavy atom. The van der Waals surface area contributed by atoms with E-state index in [9.17, 15) is 0 Å². The van der Waals surface area contributed by atoms with Gasteiger partial charge in [-0.05, 0) is 11.2 Å². The van der Waals surface area contributed by atoms with Gasteiger partial charge in [-0.1, -0.05) is 69.0 Å². The smallest absolute Gasteiger partial charge is 1.00 e. The molecule has 0 N–H and O–H groups in total. The van der Waals surface area contributed by atoms with E-state index in [1.807, 2.05) is 0 Å². The van der Waals surface area contributed by atoms with Gasteiger partial charge in [0.05, 0.1) is 0 Å². The van der Waals surface area contributed by atoms with E-state index in [1.54, 1.807) is 0 Å². The van der Waals surface area contributed by atoms with E-state index in [1.165, 1.54) is 27.8 Å². The van der Waals surface area contributed by atoms with Crippen LogP contribution in [-0.4, -0.2) is 5.66 Å². The molecule has 0 aliphatic heterocycles. The van der Waals surface area contributed by atoms with Crippen molar-refractivity contribution < 1.29 is 35.6 Å². The van der Waals surface area contributed by atoms with Gasteiger partial charge in [-0.3, -0.25) is 0 Å². The van der Waals surface area contributed by atoms with Crippen LogP contribution >= 0.6 is 7.92 Å². The molecule has 2 aliphatic rings. The first-order valence-corrected chi connectivity index (χ1v) is 10.5. The van der Waals surface area contributed by atoms with Crippen LogP contribution in [-0.2, 0) is 26.2 Å². The van der Waals surface area contributed by atoms with Crippen LogP contribution in [0.25, 0.3) is 10.8 Å². The number of hydrogen-bond donors (Lipinski definition) is 0. The second-order valence-corrected chi connectivity index (χ2v) is 9.49. The number of hydrogen-bond acceptors (Lipinski definition) is 0. The summed E-state index contributed by atoms with van der Waals surface area (Å²) in [4.78, 5) is 0. The molecule has 1 saturated carbocycles. The Kier molecular flexibility index (Phi) is 8.17. The first-order chi connectivity index (χ1) is 12.4. The van der Waals surface area contributed by atoms with Crippen molar-refractivity contribution >= 4 is 29.3 Å². The Balaban J connectivity index is 0.000000934. The molecule has 0 amide bonds. The van der Waals surface area contributed by atoms with E-state index < -0.39 is 0 Å². The third-order valence-electron chi connectivity index (χ3n) is 5.50. The van der Waals surface area contributed by atoms with Crippen LogP contribution < -0.4 is 20.0 Å². The van der Waals surface area contributed by atoms with E-state index in [4.69, 9.17) is 0 Å². The van der Waals surface area contributed by atoms with Gasteiger partial charge in [-0.15, -0.1) is 58.0 Å². The summed E-state index contributed by atoms with van der Waals surface area (Å²) >= 11 is 0. The van der Waals surface area contributed by atoms with E-state index in [2.05, 4.69) is 97.5 Å². The van der Waals surface area contributed by atoms with Gasteiger partial charge in [0.2, 0.25) is 0 Å². The molecule has 3 aromatic carbocycles. The molecular weight excluding hydrogens is 448 g/mol. The maximum absolute atomic E-state index is 2.63. The number of benzene rings is 2. The predicted octanol–water partition coefficient (Wildman–Crippen LogP) is -0.668. The van der Waals surface area contributed by atoms with Crippen LogP contribution in [0, 0.1) is 18.3 Å². The van der Waals surface area contributed by atoms with Gasteiger partial charge in [0.1, 0.15) is 0 Å². The summed E-state index contributed by atoms with van der Waals surface area (Å²) in [6.45, 7) is 0. The molecule has 28 heavy (non-hydrogen) atoms. The Morgan fingerprint density at radius 3 is 2.32 bits per heavy atom. The van der Waals surface area contributed by atoms with Crippen LogP contribution in [0.4, 0.5) is 0 Å². The average molecular weight is 470 g/mol. The topological polar surface area (TPSA) is 0 Å². The van der Waals surface area contributed by atoms with Gasteiger partial charge >= 0.3 is 26.2 Å². The second kappa shape index (κ2) is 9.95. The molecule has 0 spiro atoms. The Labute approximate surface area is 185 Å². The normalized spacial score (nSPS) is 23.2. The third kappa shape index (κ3) is 4.32. The maximum Gasteiger partial charge on any atom is 4.00 e. The summed E-state index contributed by atoms with van der Waals surface area (Å²) in [5.41, 5.74) is 0.650. The van der Waals surface area contributed by atoms with Crippen molar-refractivity contribution in [2.24, 2.45) is 11.8 Å². The van der Waals surface area contributed by atoms with E-state index in [0.717, 1.165) is 0 Å². The molecule has 4 atom stereocenters. The quantitative estimate of drug-likeness (QED) is 0.353. The standard InChI is InChI=1S/C24H21P.2FH.Zr/c1-2-12-22(13-3-1)25(23-14-18-8-4-5-9-19(18)15-23)24-16-20-10-6-7-11-21(20)17-24;;;/h1-16,20-21,24H,17H2;2*1H;/q-2;;;+4/p-2. The second-order valence-electron chi connectivity index (χ2n) is 7.05. The molecule has 1 fully saturated rings. The molecule has 2 aliphatic carbocycles. The summed E-state index contributed by atoms with van der Waals surface area (Å²) < 4.78 is 0. The van der Waals surface area contributed by atoms with Crippen molar-refractivity contribution in [2.75, 3.05) is 0 Å². The molecule has 5 rings (SSSR count). The largest absolute Gasteiger partial charge is 4.00 e. The monoisotopic (exact) mass is 468 g/mol. The first kappa shape index (κ1) is 23.0. The number of halogens is 2. The zero-order valence-corrected chi connectivity index (χ0v) is 18.7. The molecule has 4 heteroatoms. The van der Waals surface area contributed by atoms with Gasteiger partial charge < -0.3 is 15.8 Å². The molecule has 0 nitrogen and oxygen atoms in total. The van der Waals surface area contributed by atoms with Crippen LogP contribution in [0.15, 0.2) is 91.0 Å². The van der Waals surface area contributed by atoms with Crippen LogP contribution in [0.3, 0.4) is 0 Å². The molecule has 0 heterocycles. The molecular formula is C24H21F2PZr. The van der Waals surface area contributed by atoms with Crippen LogP contribution in [0.5, 0.6) is 0 Å². The fraction of sp³-hybridized carbons (Fsp3) is 0.167. The van der Waals surface area contributed by atoms with E-state index in [-0.39, 0.29) is 43.5 Å². The average Bonchev–Trinajstić information content (AvgIpc) is 3.26. The third-order valence-corrected chi connectivity index (χ3v) is 8.22. The number of allylic oxidation sites excluding steroid dienone is 4. The van der Waals surface area contributed by atoms with Crippen molar-refractivity contribution in [3.05, 3.63) is 97.5 Å². The molecule has 3 aromatic rings. The molecule has 0 saturated heterocycles. The predicted molar refractivity (Wildman–Crippen MR) is 110 cm³/mol. The zero-order chi connectivity index (χ0) is 16.6. The SMILES string of the molecule is C1=CC2[CH-]C(P(c3ccccc3)c3cc4ccccc4[cH-]3)CC2C=C1.[F-].[F-].[Zr+4]. The zero-order valence-electron chi connectivity index (χ0n) is 15.4. The van der Waals surface area contributed by atoms with Gasteiger partial charge in [0, 0.05) is 0 Å². The fourth-order valence-corrected chi connectivity index (χ4v) is 7.25. The van der Waals surface area contributed by atoms with Crippen molar-refractivity contribution in [1.82, 2.24) is 0 Å². The summed E-state index contributed by atoms with van der Waals surface area (Å²) in [5.74, 6) is 1.31. The van der Waals surface area contributed by atoms with Gasteiger partial charge in [-0.2, -0.15) is 6.07 Å². The molecule has 0 aromatic heterocycles.